The minimum Gasteiger partial charge on any atom is -0.462 e. The highest BCUT2D eigenvalue weighted by molar-refractivity contribution is 7.20. The van der Waals surface area contributed by atoms with Gasteiger partial charge >= 0.3 is 5.97 Å². The Morgan fingerprint density at radius 1 is 1.37 bits per heavy atom. The molecule has 1 heterocycles. The predicted octanol–water partition coefficient (Wildman–Crippen LogP) is 3.27. The maximum atomic E-state index is 12.0. The lowest BCUT2D eigenvalue weighted by Gasteiger charge is -2.16. The molecule has 0 saturated carbocycles. The summed E-state index contributed by atoms with van der Waals surface area (Å²) in [6, 6.07) is 8.30. The second-order valence-corrected chi connectivity index (χ2v) is 5.58. The fourth-order valence-electron chi connectivity index (χ4n) is 2.59. The van der Waals surface area contributed by atoms with E-state index in [4.69, 9.17) is 10.5 Å². The van der Waals surface area contributed by atoms with Gasteiger partial charge in [-0.25, -0.2) is 4.79 Å². The molecule has 1 aliphatic carbocycles. The zero-order valence-corrected chi connectivity index (χ0v) is 11.5. The number of hydrogen-bond donors (Lipinski definition) is 1. The Balaban J connectivity index is 2.14. The number of esters is 1. The molecule has 19 heavy (non-hydrogen) atoms. The summed E-state index contributed by atoms with van der Waals surface area (Å²) >= 11 is 1.49. The Morgan fingerprint density at radius 3 is 2.95 bits per heavy atom. The monoisotopic (exact) mass is 273 g/mol. The van der Waals surface area contributed by atoms with E-state index < -0.39 is 0 Å². The molecule has 0 atom stereocenters. The average molecular weight is 273 g/mol. The van der Waals surface area contributed by atoms with Crippen molar-refractivity contribution in [2.75, 3.05) is 12.3 Å². The largest absolute Gasteiger partial charge is 0.462 e. The van der Waals surface area contributed by atoms with E-state index in [2.05, 4.69) is 12.1 Å². The van der Waals surface area contributed by atoms with Gasteiger partial charge in [-0.15, -0.1) is 11.3 Å². The smallest absolute Gasteiger partial charge is 0.341 e. The van der Waals surface area contributed by atoms with Gasteiger partial charge in [0.05, 0.1) is 12.2 Å². The first-order valence-electron chi connectivity index (χ1n) is 6.39. The highest BCUT2D eigenvalue weighted by Crippen LogP contribution is 2.43. The Labute approximate surface area is 116 Å². The predicted molar refractivity (Wildman–Crippen MR) is 77.5 cm³/mol. The molecule has 2 aromatic rings. The molecule has 3 nitrogen and oxygen atoms in total. The number of carbonyl (C=O) groups is 1. The summed E-state index contributed by atoms with van der Waals surface area (Å²) in [6.07, 6.45) is 1.81. The van der Waals surface area contributed by atoms with Crippen LogP contribution in [-0.4, -0.2) is 12.6 Å². The molecule has 0 fully saturated rings. The number of fused-ring (bicyclic) bond motifs is 3. The molecule has 1 aliphatic rings. The number of carbonyl (C=O) groups excluding carboxylic acids is 1. The molecular weight excluding hydrogens is 258 g/mol. The number of aryl methyl sites for hydroxylation is 1. The molecule has 0 bridgehead atoms. The highest BCUT2D eigenvalue weighted by atomic mass is 32.1. The number of anilines is 1. The van der Waals surface area contributed by atoms with Crippen molar-refractivity contribution in [3.63, 3.8) is 0 Å². The lowest BCUT2D eigenvalue weighted by atomic mass is 9.89. The molecule has 0 spiro atoms. The molecular formula is C15H15NO2S. The van der Waals surface area contributed by atoms with E-state index in [0.717, 1.165) is 23.3 Å². The standard InChI is InChI=1S/C15H15NO2S/c1-2-18-15(17)12-11-8-7-9-5-3-4-6-10(9)13(11)19-14(12)16/h3-6H,2,7-8,16H2,1H3. The van der Waals surface area contributed by atoms with Crippen molar-refractivity contribution >= 4 is 22.3 Å². The van der Waals surface area contributed by atoms with Crippen LogP contribution in [0, 0.1) is 0 Å². The summed E-state index contributed by atoms with van der Waals surface area (Å²) in [5, 5.41) is 0.570. The summed E-state index contributed by atoms with van der Waals surface area (Å²) in [7, 11) is 0. The summed E-state index contributed by atoms with van der Waals surface area (Å²) in [6.45, 7) is 2.18. The summed E-state index contributed by atoms with van der Waals surface area (Å²) in [4.78, 5) is 13.1. The Hall–Kier alpha value is -1.81. The second kappa shape index (κ2) is 4.70. The maximum absolute atomic E-state index is 12.0. The number of ether oxygens (including phenoxy) is 1. The maximum Gasteiger partial charge on any atom is 0.341 e. The van der Waals surface area contributed by atoms with Crippen LogP contribution in [0.3, 0.4) is 0 Å². The van der Waals surface area contributed by atoms with Gasteiger partial charge in [0.1, 0.15) is 5.00 Å². The normalized spacial score (nSPS) is 12.7. The van der Waals surface area contributed by atoms with Crippen LogP contribution in [0.25, 0.3) is 10.4 Å². The van der Waals surface area contributed by atoms with Crippen LogP contribution < -0.4 is 5.73 Å². The van der Waals surface area contributed by atoms with Crippen molar-refractivity contribution in [2.45, 2.75) is 19.8 Å². The fourth-order valence-corrected chi connectivity index (χ4v) is 3.75. The van der Waals surface area contributed by atoms with Crippen molar-refractivity contribution < 1.29 is 9.53 Å². The van der Waals surface area contributed by atoms with Gasteiger partial charge in [-0.1, -0.05) is 24.3 Å². The first-order valence-corrected chi connectivity index (χ1v) is 7.20. The molecule has 0 amide bonds. The molecule has 98 valence electrons. The number of thiophene rings is 1. The van der Waals surface area contributed by atoms with E-state index in [1.807, 2.05) is 19.1 Å². The van der Waals surface area contributed by atoms with Crippen LogP contribution in [0.1, 0.15) is 28.4 Å². The van der Waals surface area contributed by atoms with Gasteiger partial charge in [0.15, 0.2) is 0 Å². The van der Waals surface area contributed by atoms with E-state index >= 15 is 0 Å². The van der Waals surface area contributed by atoms with Crippen LogP contribution in [0.15, 0.2) is 24.3 Å². The quantitative estimate of drug-likeness (QED) is 0.854. The summed E-state index contributed by atoms with van der Waals surface area (Å²) in [5.74, 6) is -0.295. The van der Waals surface area contributed by atoms with E-state index in [0.29, 0.717) is 17.2 Å². The molecule has 4 heteroatoms. The van der Waals surface area contributed by atoms with Gasteiger partial charge in [0, 0.05) is 4.88 Å². The molecule has 0 saturated heterocycles. The summed E-state index contributed by atoms with van der Waals surface area (Å²) < 4.78 is 5.11. The second-order valence-electron chi connectivity index (χ2n) is 4.53. The van der Waals surface area contributed by atoms with Crippen molar-refractivity contribution in [1.82, 2.24) is 0 Å². The lowest BCUT2D eigenvalue weighted by Crippen LogP contribution is -2.11. The molecule has 0 unspecified atom stereocenters. The van der Waals surface area contributed by atoms with Crippen molar-refractivity contribution in [3.05, 3.63) is 41.0 Å². The third kappa shape index (κ3) is 1.92. The van der Waals surface area contributed by atoms with E-state index in [1.54, 1.807) is 0 Å². The number of nitrogens with two attached hydrogens (primary N) is 1. The first-order chi connectivity index (χ1) is 9.22. The van der Waals surface area contributed by atoms with Gasteiger partial charge in [-0.2, -0.15) is 0 Å². The number of hydrogen-bond acceptors (Lipinski definition) is 4. The van der Waals surface area contributed by atoms with E-state index in [-0.39, 0.29) is 5.97 Å². The third-order valence-electron chi connectivity index (χ3n) is 3.42. The molecule has 0 aliphatic heterocycles. The van der Waals surface area contributed by atoms with E-state index in [1.165, 1.54) is 22.5 Å². The highest BCUT2D eigenvalue weighted by Gasteiger charge is 2.27. The van der Waals surface area contributed by atoms with Gasteiger partial charge in [0.2, 0.25) is 0 Å². The van der Waals surface area contributed by atoms with Crippen molar-refractivity contribution in [2.24, 2.45) is 0 Å². The third-order valence-corrected chi connectivity index (χ3v) is 4.51. The molecule has 2 N–H and O–H groups in total. The number of nitrogen functional groups attached to an aromatic ring is 1. The van der Waals surface area contributed by atoms with E-state index in [9.17, 15) is 4.79 Å². The molecule has 1 aromatic heterocycles. The summed E-state index contributed by atoms with van der Waals surface area (Å²) in [5.41, 5.74) is 10.2. The molecule has 3 rings (SSSR count). The number of rotatable bonds is 2. The van der Waals surface area contributed by atoms with Gasteiger partial charge in [-0.05, 0) is 36.5 Å². The van der Waals surface area contributed by atoms with Gasteiger partial charge in [-0.3, -0.25) is 0 Å². The zero-order chi connectivity index (χ0) is 13.4. The van der Waals surface area contributed by atoms with Crippen LogP contribution in [0.4, 0.5) is 5.00 Å². The van der Waals surface area contributed by atoms with Crippen LogP contribution in [0.5, 0.6) is 0 Å². The molecule has 1 aromatic carbocycles. The van der Waals surface area contributed by atoms with Crippen LogP contribution in [-0.2, 0) is 17.6 Å². The minimum absolute atomic E-state index is 0.295. The topological polar surface area (TPSA) is 52.3 Å². The Kier molecular flexibility index (Phi) is 3.03. The zero-order valence-electron chi connectivity index (χ0n) is 10.7. The van der Waals surface area contributed by atoms with Gasteiger partial charge < -0.3 is 10.5 Å². The lowest BCUT2D eigenvalue weighted by molar-refractivity contribution is 0.0527. The number of benzene rings is 1. The SMILES string of the molecule is CCOC(=O)c1c(N)sc2c1CCc1ccccc1-2. The minimum atomic E-state index is -0.295. The Bertz CT molecular complexity index is 646. The van der Waals surface area contributed by atoms with Crippen LogP contribution in [0.2, 0.25) is 0 Å². The Morgan fingerprint density at radius 2 is 2.16 bits per heavy atom. The van der Waals surface area contributed by atoms with Crippen molar-refractivity contribution in [3.8, 4) is 10.4 Å². The fraction of sp³-hybridized carbons (Fsp3) is 0.267. The van der Waals surface area contributed by atoms with Crippen molar-refractivity contribution in [1.29, 1.82) is 0 Å². The average Bonchev–Trinajstić information content (AvgIpc) is 2.75. The van der Waals surface area contributed by atoms with Gasteiger partial charge in [0.25, 0.3) is 0 Å². The first kappa shape index (κ1) is 12.2. The molecule has 0 radical (unpaired) electrons. The van der Waals surface area contributed by atoms with Crippen LogP contribution >= 0.6 is 11.3 Å².